The number of aromatic nitrogens is 2. The van der Waals surface area contributed by atoms with Crippen LogP contribution in [0.4, 0.5) is 0 Å². The smallest absolute Gasteiger partial charge is 0.265 e. The summed E-state index contributed by atoms with van der Waals surface area (Å²) in [6.45, 7) is 4.70. The zero-order valence-electron chi connectivity index (χ0n) is 20.6. The van der Waals surface area contributed by atoms with Crippen LogP contribution in [0.5, 0.6) is 0 Å². The Morgan fingerprint density at radius 1 is 1.14 bits per heavy atom. The molecule has 3 aromatic rings. The second-order valence-corrected chi connectivity index (χ2v) is 11.5. The maximum Gasteiger partial charge on any atom is 0.265 e. The molecule has 1 saturated heterocycles. The van der Waals surface area contributed by atoms with Gasteiger partial charge in [0.05, 0.1) is 10.9 Å². The molecule has 0 spiro atoms. The summed E-state index contributed by atoms with van der Waals surface area (Å²) in [5.74, 6) is -0.399. The molecule has 0 radical (unpaired) electrons. The molecule has 2 amide bonds. The molecule has 10 heteroatoms. The van der Waals surface area contributed by atoms with Gasteiger partial charge in [-0.05, 0) is 69.1 Å². The summed E-state index contributed by atoms with van der Waals surface area (Å²) in [6, 6.07) is 5.77. The fourth-order valence-electron chi connectivity index (χ4n) is 5.64. The maximum absolute atomic E-state index is 13.0. The van der Waals surface area contributed by atoms with Crippen LogP contribution in [0.15, 0.2) is 23.0 Å². The van der Waals surface area contributed by atoms with Gasteiger partial charge in [0, 0.05) is 30.7 Å². The standard InChI is InChI=1S/C26H33N5O3S2/c1-2-18-9-5-6-13-30(18)14-12-27-23(32)16-10-11-19-20(15-16)31-22(29-24(19)33)21(36-26(31)35)25(34)28-17-7-3-4-8-17/h10-11,15,17-18H,2-9,12-14H2,1H3,(H,27,32)(H,28,34)(H,29,33). The fraction of sp³-hybridized carbons (Fsp3) is 0.538. The monoisotopic (exact) mass is 527 g/mol. The summed E-state index contributed by atoms with van der Waals surface area (Å²) in [6.07, 6.45) is 9.01. The van der Waals surface area contributed by atoms with Gasteiger partial charge >= 0.3 is 0 Å². The van der Waals surface area contributed by atoms with Gasteiger partial charge in [0.2, 0.25) is 0 Å². The van der Waals surface area contributed by atoms with E-state index in [1.165, 1.54) is 30.6 Å². The first-order valence-corrected chi connectivity index (χ1v) is 14.2. The van der Waals surface area contributed by atoms with Crippen LogP contribution in [-0.4, -0.2) is 57.8 Å². The van der Waals surface area contributed by atoms with E-state index in [1.807, 2.05) is 0 Å². The van der Waals surface area contributed by atoms with E-state index in [9.17, 15) is 14.4 Å². The number of benzene rings is 1. The van der Waals surface area contributed by atoms with E-state index in [0.717, 1.165) is 45.2 Å². The summed E-state index contributed by atoms with van der Waals surface area (Å²) in [4.78, 5) is 44.6. The molecule has 1 aliphatic carbocycles. The number of likely N-dealkylation sites (tertiary alicyclic amines) is 1. The van der Waals surface area contributed by atoms with Crippen LogP contribution >= 0.6 is 23.6 Å². The summed E-state index contributed by atoms with van der Waals surface area (Å²) >= 11 is 6.77. The van der Waals surface area contributed by atoms with Crippen molar-refractivity contribution in [1.82, 2.24) is 24.9 Å². The molecule has 3 heterocycles. The Hall–Kier alpha value is -2.56. The normalized spacial score (nSPS) is 19.2. The van der Waals surface area contributed by atoms with Gasteiger partial charge in [-0.15, -0.1) is 0 Å². The molecule has 2 fully saturated rings. The van der Waals surface area contributed by atoms with Crippen LogP contribution in [0.3, 0.4) is 0 Å². The molecular weight excluding hydrogens is 494 g/mol. The van der Waals surface area contributed by atoms with Gasteiger partial charge in [0.15, 0.2) is 3.95 Å². The number of hydrogen-bond donors (Lipinski definition) is 3. The Morgan fingerprint density at radius 3 is 2.69 bits per heavy atom. The minimum absolute atomic E-state index is 0.160. The molecule has 0 bridgehead atoms. The number of nitrogens with zero attached hydrogens (tertiary/aromatic N) is 2. The van der Waals surface area contributed by atoms with Crippen molar-refractivity contribution in [3.63, 3.8) is 0 Å². The van der Waals surface area contributed by atoms with Gasteiger partial charge in [-0.1, -0.05) is 37.5 Å². The highest BCUT2D eigenvalue weighted by Crippen LogP contribution is 2.25. The van der Waals surface area contributed by atoms with Gasteiger partial charge < -0.3 is 15.6 Å². The van der Waals surface area contributed by atoms with Crippen molar-refractivity contribution in [1.29, 1.82) is 0 Å². The number of carbonyl (C=O) groups is 2. The highest BCUT2D eigenvalue weighted by molar-refractivity contribution is 7.73. The second-order valence-electron chi connectivity index (χ2n) is 9.87. The van der Waals surface area contributed by atoms with Crippen molar-refractivity contribution >= 4 is 51.9 Å². The zero-order chi connectivity index (χ0) is 25.2. The number of nitrogens with one attached hydrogen (secondary N) is 3. The lowest BCUT2D eigenvalue weighted by molar-refractivity contribution is 0.0929. The first-order valence-electron chi connectivity index (χ1n) is 13.0. The molecule has 8 nitrogen and oxygen atoms in total. The number of carbonyl (C=O) groups excluding carboxylic acids is 2. The molecule has 192 valence electrons. The number of thiazole rings is 1. The number of hydrogen-bond acceptors (Lipinski definition) is 6. The molecular formula is C26H33N5O3S2. The van der Waals surface area contributed by atoms with E-state index in [4.69, 9.17) is 12.2 Å². The van der Waals surface area contributed by atoms with Gasteiger partial charge in [-0.3, -0.25) is 23.7 Å². The Labute approximate surface area is 219 Å². The van der Waals surface area contributed by atoms with Crippen LogP contribution in [0.25, 0.3) is 16.6 Å². The Kier molecular flexibility index (Phi) is 7.55. The van der Waals surface area contributed by atoms with Crippen LogP contribution in [0.1, 0.15) is 78.3 Å². The third-order valence-electron chi connectivity index (χ3n) is 7.59. The third-order valence-corrected chi connectivity index (χ3v) is 8.96. The summed E-state index contributed by atoms with van der Waals surface area (Å²) in [5.41, 5.74) is 1.07. The van der Waals surface area contributed by atoms with E-state index in [2.05, 4.69) is 27.4 Å². The topological polar surface area (TPSA) is 98.7 Å². The van der Waals surface area contributed by atoms with Crippen molar-refractivity contribution in [3.8, 4) is 0 Å². The molecule has 1 atom stereocenters. The number of fused-ring (bicyclic) bond motifs is 3. The van der Waals surface area contributed by atoms with E-state index in [-0.39, 0.29) is 23.4 Å². The SMILES string of the molecule is CCC1CCCCN1CCNC(=O)c1ccc2c(=O)[nH]c3c(C(=O)NC4CCCC4)sc(=S)n3c2c1. The van der Waals surface area contributed by atoms with Gasteiger partial charge in [-0.2, -0.15) is 0 Å². The highest BCUT2D eigenvalue weighted by atomic mass is 32.1. The number of amides is 2. The minimum atomic E-state index is -0.310. The van der Waals surface area contributed by atoms with Crippen LogP contribution in [0, 0.1) is 3.95 Å². The lowest BCUT2D eigenvalue weighted by atomic mass is 10.0. The largest absolute Gasteiger partial charge is 0.351 e. The van der Waals surface area contributed by atoms with E-state index in [0.29, 0.717) is 43.5 Å². The summed E-state index contributed by atoms with van der Waals surface area (Å²) in [5, 5.41) is 6.54. The molecule has 2 aliphatic rings. The number of H-pyrrole nitrogens is 1. The van der Waals surface area contributed by atoms with Crippen molar-refractivity contribution in [3.05, 3.63) is 42.9 Å². The predicted octanol–water partition coefficient (Wildman–Crippen LogP) is 4.24. The zero-order valence-corrected chi connectivity index (χ0v) is 22.2. The average Bonchev–Trinajstić information content (AvgIpc) is 3.51. The Morgan fingerprint density at radius 2 is 1.92 bits per heavy atom. The van der Waals surface area contributed by atoms with Gasteiger partial charge in [0.25, 0.3) is 17.4 Å². The van der Waals surface area contributed by atoms with Crippen molar-refractivity contribution < 1.29 is 9.59 Å². The maximum atomic E-state index is 13.0. The van der Waals surface area contributed by atoms with Gasteiger partial charge in [0.1, 0.15) is 10.5 Å². The number of piperidine rings is 1. The quantitative estimate of drug-likeness (QED) is 0.399. The van der Waals surface area contributed by atoms with Crippen molar-refractivity contribution in [2.75, 3.05) is 19.6 Å². The van der Waals surface area contributed by atoms with Crippen LogP contribution in [0.2, 0.25) is 0 Å². The first-order chi connectivity index (χ1) is 17.5. The molecule has 1 aromatic carbocycles. The lowest BCUT2D eigenvalue weighted by Crippen LogP contribution is -2.43. The molecule has 2 aromatic heterocycles. The average molecular weight is 528 g/mol. The summed E-state index contributed by atoms with van der Waals surface area (Å²) in [7, 11) is 0. The number of aromatic amines is 1. The third kappa shape index (κ3) is 4.99. The van der Waals surface area contributed by atoms with Crippen LogP contribution < -0.4 is 16.2 Å². The van der Waals surface area contributed by atoms with E-state index in [1.54, 1.807) is 22.6 Å². The molecule has 5 rings (SSSR count). The molecule has 3 N–H and O–H groups in total. The number of rotatable bonds is 7. The predicted molar refractivity (Wildman–Crippen MR) is 146 cm³/mol. The molecule has 1 unspecified atom stereocenters. The van der Waals surface area contributed by atoms with Crippen molar-refractivity contribution in [2.24, 2.45) is 0 Å². The molecule has 36 heavy (non-hydrogen) atoms. The Bertz CT molecular complexity index is 1400. The van der Waals surface area contributed by atoms with Gasteiger partial charge in [-0.25, -0.2) is 0 Å². The fourth-order valence-corrected chi connectivity index (χ4v) is 6.92. The second kappa shape index (κ2) is 10.8. The molecule has 1 saturated carbocycles. The van der Waals surface area contributed by atoms with Crippen LogP contribution in [-0.2, 0) is 0 Å². The summed E-state index contributed by atoms with van der Waals surface area (Å²) < 4.78 is 2.16. The molecule has 1 aliphatic heterocycles. The lowest BCUT2D eigenvalue weighted by Gasteiger charge is -2.35. The van der Waals surface area contributed by atoms with E-state index >= 15 is 0 Å². The minimum Gasteiger partial charge on any atom is -0.351 e. The van der Waals surface area contributed by atoms with E-state index < -0.39 is 0 Å². The highest BCUT2D eigenvalue weighted by Gasteiger charge is 2.23. The Balaban J connectivity index is 1.39. The first kappa shape index (κ1) is 25.1. The van der Waals surface area contributed by atoms with Crippen molar-refractivity contribution in [2.45, 2.75) is 70.4 Å².